The number of carbonyl (C=O) groups excluding carboxylic acids is 1. The molecule has 1 saturated heterocycles. The largest absolute Gasteiger partial charge is 0.494 e. The molecule has 0 spiro atoms. The quantitative estimate of drug-likeness (QED) is 0.148. The zero-order valence-corrected chi connectivity index (χ0v) is 30.2. The van der Waals surface area contributed by atoms with Gasteiger partial charge in [0.15, 0.2) is 23.1 Å². The summed E-state index contributed by atoms with van der Waals surface area (Å²) in [7, 11) is 6.27. The highest BCUT2D eigenvalue weighted by atomic mass is 19.1. The minimum absolute atomic E-state index is 0.204. The molecule has 3 heterocycles. The van der Waals surface area contributed by atoms with Gasteiger partial charge in [-0.25, -0.2) is 13.8 Å². The Labute approximate surface area is 305 Å². The number of rotatable bonds is 12. The van der Waals surface area contributed by atoms with Crippen molar-refractivity contribution in [3.8, 4) is 22.6 Å². The minimum atomic E-state index is -1.06. The molecule has 2 N–H and O–H groups in total. The first-order valence-corrected chi connectivity index (χ1v) is 17.0. The molecule has 1 atom stereocenters. The lowest BCUT2D eigenvalue weighted by molar-refractivity contribution is -0.111. The van der Waals surface area contributed by atoms with Gasteiger partial charge >= 0.3 is 0 Å². The number of ether oxygens (including phenoxy) is 3. The molecule has 1 aliphatic rings. The van der Waals surface area contributed by atoms with E-state index >= 15 is 8.78 Å². The van der Waals surface area contributed by atoms with E-state index in [0.29, 0.717) is 36.4 Å². The predicted octanol–water partition coefficient (Wildman–Crippen LogP) is 6.00. The number of methoxy groups -OCH3 is 2. The zero-order chi connectivity index (χ0) is 37.6. The van der Waals surface area contributed by atoms with Crippen molar-refractivity contribution in [2.24, 2.45) is 0 Å². The minimum Gasteiger partial charge on any atom is -0.494 e. The van der Waals surface area contributed by atoms with Crippen LogP contribution in [0.3, 0.4) is 0 Å². The average Bonchev–Trinajstić information content (AvgIpc) is 3.15. The van der Waals surface area contributed by atoms with Gasteiger partial charge in [-0.15, -0.1) is 0 Å². The van der Waals surface area contributed by atoms with Crippen LogP contribution in [-0.4, -0.2) is 86.5 Å². The fourth-order valence-electron chi connectivity index (χ4n) is 6.13. The summed E-state index contributed by atoms with van der Waals surface area (Å²) in [4.78, 5) is 40.6. The molecule has 0 bridgehead atoms. The van der Waals surface area contributed by atoms with Crippen molar-refractivity contribution in [1.29, 1.82) is 0 Å². The molecule has 2 aromatic heterocycles. The summed E-state index contributed by atoms with van der Waals surface area (Å²) in [6.07, 6.45) is 4.68. The molecule has 14 heteroatoms. The first-order valence-electron chi connectivity index (χ1n) is 17.0. The van der Waals surface area contributed by atoms with E-state index in [-0.39, 0.29) is 34.6 Å². The Hall–Kier alpha value is -5.86. The molecule has 53 heavy (non-hydrogen) atoms. The number of anilines is 4. The Morgan fingerprint density at radius 2 is 1.70 bits per heavy atom. The van der Waals surface area contributed by atoms with E-state index in [4.69, 9.17) is 19.2 Å². The number of hydrogen-bond acceptors (Lipinski definition) is 10. The summed E-state index contributed by atoms with van der Waals surface area (Å²) >= 11 is 0. The highest BCUT2D eigenvalue weighted by Gasteiger charge is 2.27. The maximum Gasteiger partial charge on any atom is 0.260 e. The number of halogens is 2. The van der Waals surface area contributed by atoms with Gasteiger partial charge in [-0.3, -0.25) is 14.2 Å². The lowest BCUT2D eigenvalue weighted by Crippen LogP contribution is -2.36. The van der Waals surface area contributed by atoms with E-state index in [9.17, 15) is 9.59 Å². The van der Waals surface area contributed by atoms with Crippen LogP contribution in [0.2, 0.25) is 0 Å². The van der Waals surface area contributed by atoms with Gasteiger partial charge in [-0.2, -0.15) is 4.98 Å². The number of hydrogen-bond donors (Lipinski definition) is 2. The second kappa shape index (κ2) is 16.2. The van der Waals surface area contributed by atoms with E-state index < -0.39 is 28.8 Å². The van der Waals surface area contributed by atoms with Crippen molar-refractivity contribution in [3.63, 3.8) is 0 Å². The summed E-state index contributed by atoms with van der Waals surface area (Å²) in [5.74, 6) is -2.83. The van der Waals surface area contributed by atoms with Crippen LogP contribution in [0.15, 0.2) is 83.8 Å². The molecule has 0 aliphatic carbocycles. The molecule has 6 rings (SSSR count). The van der Waals surface area contributed by atoms with E-state index in [0.717, 1.165) is 30.5 Å². The van der Waals surface area contributed by atoms with Gasteiger partial charge in [-0.05, 0) is 69.0 Å². The third-order valence-corrected chi connectivity index (χ3v) is 8.88. The molecule has 12 nitrogen and oxygen atoms in total. The molecular formula is C39H41F2N7O5. The molecule has 276 valence electrons. The molecular weight excluding hydrogens is 684 g/mol. The topological polar surface area (TPSA) is 123 Å². The van der Waals surface area contributed by atoms with Gasteiger partial charge in [0.1, 0.15) is 5.65 Å². The summed E-state index contributed by atoms with van der Waals surface area (Å²) in [5, 5.41) is 6.40. The molecule has 1 aliphatic heterocycles. The third-order valence-electron chi connectivity index (χ3n) is 8.88. The molecule has 5 aromatic rings. The van der Waals surface area contributed by atoms with Crippen molar-refractivity contribution < 1.29 is 27.8 Å². The van der Waals surface area contributed by atoms with Gasteiger partial charge in [0, 0.05) is 60.4 Å². The normalized spacial score (nSPS) is 13.8. The predicted molar refractivity (Wildman–Crippen MR) is 202 cm³/mol. The number of aromatic nitrogens is 3. The number of fused-ring (bicyclic) bond motifs is 1. The fourth-order valence-corrected chi connectivity index (χ4v) is 6.13. The molecule has 1 fully saturated rings. The van der Waals surface area contributed by atoms with Crippen molar-refractivity contribution in [1.82, 2.24) is 19.4 Å². The van der Waals surface area contributed by atoms with Crippen LogP contribution < -0.4 is 30.6 Å². The van der Waals surface area contributed by atoms with Crippen molar-refractivity contribution in [2.45, 2.75) is 13.0 Å². The zero-order valence-electron chi connectivity index (χ0n) is 30.2. The number of carbonyl (C=O) groups is 1. The van der Waals surface area contributed by atoms with Crippen LogP contribution in [0, 0.1) is 11.6 Å². The van der Waals surface area contributed by atoms with Crippen LogP contribution in [0.25, 0.3) is 22.2 Å². The number of amides is 1. The average molecular weight is 726 g/mol. The van der Waals surface area contributed by atoms with Crippen LogP contribution >= 0.6 is 0 Å². The van der Waals surface area contributed by atoms with Crippen LogP contribution in [0.1, 0.15) is 18.5 Å². The van der Waals surface area contributed by atoms with E-state index in [1.165, 1.54) is 37.1 Å². The Morgan fingerprint density at radius 3 is 2.36 bits per heavy atom. The Morgan fingerprint density at radius 1 is 1.00 bits per heavy atom. The summed E-state index contributed by atoms with van der Waals surface area (Å²) < 4.78 is 48.9. The van der Waals surface area contributed by atoms with Gasteiger partial charge in [0.2, 0.25) is 11.9 Å². The van der Waals surface area contributed by atoms with E-state index in [1.807, 2.05) is 43.3 Å². The number of nitrogens with zero attached hydrogens (tertiary/aromatic N) is 5. The monoisotopic (exact) mass is 725 g/mol. The van der Waals surface area contributed by atoms with Gasteiger partial charge < -0.3 is 34.6 Å². The molecule has 0 saturated carbocycles. The highest BCUT2D eigenvalue weighted by molar-refractivity contribution is 5.99. The smallest absolute Gasteiger partial charge is 0.260 e. The van der Waals surface area contributed by atoms with Crippen molar-refractivity contribution in [2.75, 3.05) is 76.7 Å². The third kappa shape index (κ3) is 8.13. The van der Waals surface area contributed by atoms with E-state index in [2.05, 4.69) is 20.5 Å². The van der Waals surface area contributed by atoms with Gasteiger partial charge in [0.05, 0.1) is 44.6 Å². The fraction of sp³-hybridized carbons (Fsp3) is 0.282. The number of nitrogens with one attached hydrogen (secondary N) is 2. The maximum absolute atomic E-state index is 15.9. The Balaban J connectivity index is 1.44. The second-order valence-corrected chi connectivity index (χ2v) is 12.7. The van der Waals surface area contributed by atoms with Crippen LogP contribution in [-0.2, 0) is 9.53 Å². The number of pyridine rings is 1. The summed E-state index contributed by atoms with van der Waals surface area (Å²) in [6, 6.07) is 16.5. The Kier molecular flexibility index (Phi) is 11.3. The number of benzene rings is 3. The summed E-state index contributed by atoms with van der Waals surface area (Å²) in [6.45, 7) is 5.31. The van der Waals surface area contributed by atoms with Crippen LogP contribution in [0.4, 0.5) is 31.8 Å². The second-order valence-electron chi connectivity index (χ2n) is 12.7. The molecule has 1 amide bonds. The highest BCUT2D eigenvalue weighted by Crippen LogP contribution is 2.38. The summed E-state index contributed by atoms with van der Waals surface area (Å²) in [5.41, 5.74) is 1.49. The number of morpholine rings is 1. The first-order chi connectivity index (χ1) is 25.6. The van der Waals surface area contributed by atoms with Crippen molar-refractivity contribution in [3.05, 3.63) is 107 Å². The molecule has 3 aromatic carbocycles. The number of likely N-dealkylation sites (N-methyl/N-ethyl adjacent to an activating group) is 1. The lowest BCUT2D eigenvalue weighted by atomic mass is 10.0. The molecule has 0 radical (unpaired) electrons. The van der Waals surface area contributed by atoms with Gasteiger partial charge in [0.25, 0.3) is 5.56 Å². The van der Waals surface area contributed by atoms with Crippen LogP contribution in [0.5, 0.6) is 11.5 Å². The maximum atomic E-state index is 15.9. The van der Waals surface area contributed by atoms with Gasteiger partial charge in [-0.1, -0.05) is 18.2 Å². The SMILES string of the molecule is COc1cc(OC)c(F)c(-c2cc3cnc(Nc4ccc(N5CCOCC5)cc4)nc3n(C(C)c3cccc(NC(=O)/C=C/CN(C)C)c3)c2=O)c1F. The Bertz CT molecular complexity index is 2170. The first kappa shape index (κ1) is 36.9. The lowest BCUT2D eigenvalue weighted by Gasteiger charge is -2.28. The standard InChI is InChI=1S/C39H41F2N7O5/c1-24(25-8-6-9-28(20-25)43-33(49)10-7-15-46(2)3)48-37-26(21-30(38(48)50)34-35(40)31(51-4)22-32(52-5)36(34)41)23-42-39(45-37)44-27-11-13-29(14-12-27)47-16-18-53-19-17-47/h6-14,20-24H,15-19H2,1-5H3,(H,43,49)(H,42,44,45)/b10-7+. The van der Waals surface area contributed by atoms with E-state index in [1.54, 1.807) is 37.3 Å². The van der Waals surface area contributed by atoms with Crippen molar-refractivity contribution >= 4 is 40.0 Å². The molecule has 1 unspecified atom stereocenters.